The number of hydrogen-bond acceptors (Lipinski definition) is 2. The van der Waals surface area contributed by atoms with E-state index in [4.69, 9.17) is 0 Å². The summed E-state index contributed by atoms with van der Waals surface area (Å²) in [6, 6.07) is 4.45. The molecule has 0 aliphatic heterocycles. The van der Waals surface area contributed by atoms with Gasteiger partial charge >= 0.3 is 0 Å². The summed E-state index contributed by atoms with van der Waals surface area (Å²) in [5.41, 5.74) is -0.666. The molecule has 0 amide bonds. The van der Waals surface area contributed by atoms with Gasteiger partial charge in [-0.05, 0) is 0 Å². The highest BCUT2D eigenvalue weighted by Crippen LogP contribution is 2.28. The molecule has 1 aromatic carbocycles. The summed E-state index contributed by atoms with van der Waals surface area (Å²) in [6.07, 6.45) is 0. The number of non-ortho nitro benzene ring substituents is 1. The van der Waals surface area contributed by atoms with Gasteiger partial charge in [0.25, 0.3) is 11.6 Å². The van der Waals surface area contributed by atoms with Crippen LogP contribution in [0.1, 0.15) is 12.5 Å². The molecule has 5 heteroatoms. The lowest BCUT2D eigenvalue weighted by molar-refractivity contribution is -0.385. The maximum atomic E-state index is 12.7. The van der Waals surface area contributed by atoms with Gasteiger partial charge in [0.05, 0.1) is 4.92 Å². The Hall–Kier alpha value is -1.52. The van der Waals surface area contributed by atoms with Crippen molar-refractivity contribution in [1.29, 1.82) is 0 Å². The minimum Gasteiger partial charge on any atom is -0.258 e. The summed E-state index contributed by atoms with van der Waals surface area (Å²) >= 11 is 0. The Morgan fingerprint density at radius 2 is 2.08 bits per heavy atom. The average molecular weight is 187 g/mol. The Balaban J connectivity index is 3.13. The zero-order valence-electron chi connectivity index (χ0n) is 6.83. The van der Waals surface area contributed by atoms with Gasteiger partial charge in [0.1, 0.15) is 0 Å². The molecule has 13 heavy (non-hydrogen) atoms. The number of nitro benzene ring substituents is 1. The maximum Gasteiger partial charge on any atom is 0.270 e. The van der Waals surface area contributed by atoms with E-state index < -0.39 is 10.8 Å². The smallest absolute Gasteiger partial charge is 0.258 e. The van der Waals surface area contributed by atoms with Crippen molar-refractivity contribution in [2.45, 2.75) is 12.8 Å². The number of rotatable bonds is 2. The second-order valence-corrected chi connectivity index (χ2v) is 2.70. The molecule has 1 aromatic rings. The lowest BCUT2D eigenvalue weighted by Crippen LogP contribution is -2.06. The summed E-state index contributed by atoms with van der Waals surface area (Å²) in [5, 5.41) is 10.2. The van der Waals surface area contributed by atoms with Crippen molar-refractivity contribution in [3.8, 4) is 0 Å². The molecule has 70 valence electrons. The van der Waals surface area contributed by atoms with Gasteiger partial charge in [0, 0.05) is 24.6 Å². The van der Waals surface area contributed by atoms with Gasteiger partial charge in [0.2, 0.25) is 0 Å². The van der Waals surface area contributed by atoms with E-state index in [1.165, 1.54) is 12.1 Å². The standard InChI is InChI=1S/C8H7F2NO2/c1-8(9,10)6-3-2-4-7(5-6)11(12)13/h2-5H,1H3. The number of halogens is 2. The first kappa shape index (κ1) is 9.57. The lowest BCUT2D eigenvalue weighted by atomic mass is 10.1. The normalized spacial score (nSPS) is 11.3. The van der Waals surface area contributed by atoms with Crippen LogP contribution in [0.25, 0.3) is 0 Å². The SMILES string of the molecule is CC(F)(F)c1cccc([N+](=O)[O-])c1. The van der Waals surface area contributed by atoms with Gasteiger partial charge in [-0.25, -0.2) is 8.78 Å². The van der Waals surface area contributed by atoms with Crippen molar-refractivity contribution in [3.63, 3.8) is 0 Å². The van der Waals surface area contributed by atoms with Crippen molar-refractivity contribution in [3.05, 3.63) is 39.9 Å². The summed E-state index contributed by atoms with van der Waals surface area (Å²) in [7, 11) is 0. The van der Waals surface area contributed by atoms with Gasteiger partial charge in [-0.1, -0.05) is 12.1 Å². The molecule has 0 aromatic heterocycles. The Kier molecular flexibility index (Phi) is 2.27. The van der Waals surface area contributed by atoms with Crippen molar-refractivity contribution in [2.24, 2.45) is 0 Å². The van der Waals surface area contributed by atoms with E-state index in [2.05, 4.69) is 0 Å². The van der Waals surface area contributed by atoms with E-state index in [-0.39, 0.29) is 11.3 Å². The predicted molar refractivity (Wildman–Crippen MR) is 42.7 cm³/mol. The number of benzene rings is 1. The quantitative estimate of drug-likeness (QED) is 0.527. The molecule has 0 aliphatic rings. The van der Waals surface area contributed by atoms with Crippen LogP contribution in [-0.2, 0) is 5.92 Å². The first-order valence-electron chi connectivity index (χ1n) is 3.54. The van der Waals surface area contributed by atoms with Crippen molar-refractivity contribution >= 4 is 5.69 Å². The number of nitrogens with zero attached hydrogens (tertiary/aromatic N) is 1. The van der Waals surface area contributed by atoms with Crippen LogP contribution in [0.4, 0.5) is 14.5 Å². The average Bonchev–Trinajstić information content (AvgIpc) is 2.03. The van der Waals surface area contributed by atoms with Crippen LogP contribution < -0.4 is 0 Å². The highest BCUT2D eigenvalue weighted by Gasteiger charge is 2.25. The fourth-order valence-corrected chi connectivity index (χ4v) is 0.893. The van der Waals surface area contributed by atoms with E-state index in [9.17, 15) is 18.9 Å². The zero-order valence-corrected chi connectivity index (χ0v) is 6.83. The second-order valence-electron chi connectivity index (χ2n) is 2.70. The molecule has 0 heterocycles. The Morgan fingerprint density at radius 3 is 2.54 bits per heavy atom. The molecule has 0 saturated carbocycles. The Morgan fingerprint density at radius 1 is 1.46 bits per heavy atom. The molecule has 3 nitrogen and oxygen atoms in total. The molecule has 1 rings (SSSR count). The largest absolute Gasteiger partial charge is 0.270 e. The fourth-order valence-electron chi connectivity index (χ4n) is 0.893. The number of hydrogen-bond donors (Lipinski definition) is 0. The maximum absolute atomic E-state index is 12.7. The topological polar surface area (TPSA) is 43.1 Å². The van der Waals surface area contributed by atoms with Crippen LogP contribution in [0.3, 0.4) is 0 Å². The van der Waals surface area contributed by atoms with E-state index in [0.29, 0.717) is 6.92 Å². The van der Waals surface area contributed by atoms with Gasteiger partial charge in [-0.2, -0.15) is 0 Å². The molecule has 0 bridgehead atoms. The fraction of sp³-hybridized carbons (Fsp3) is 0.250. The summed E-state index contributed by atoms with van der Waals surface area (Å²) in [6.45, 7) is 0.700. The van der Waals surface area contributed by atoms with E-state index in [0.717, 1.165) is 12.1 Å². The second kappa shape index (κ2) is 3.08. The first-order valence-corrected chi connectivity index (χ1v) is 3.54. The van der Waals surface area contributed by atoms with Crippen molar-refractivity contribution < 1.29 is 13.7 Å². The predicted octanol–water partition coefficient (Wildman–Crippen LogP) is 2.71. The Labute approximate surface area is 73.1 Å². The number of nitro groups is 1. The van der Waals surface area contributed by atoms with Crippen LogP contribution in [0.5, 0.6) is 0 Å². The minimum absolute atomic E-state index is 0.320. The molecule has 0 radical (unpaired) electrons. The molecule has 0 spiro atoms. The summed E-state index contributed by atoms with van der Waals surface area (Å²) < 4.78 is 25.4. The van der Waals surface area contributed by atoms with Gasteiger partial charge in [-0.15, -0.1) is 0 Å². The van der Waals surface area contributed by atoms with Gasteiger partial charge in [0.15, 0.2) is 0 Å². The zero-order chi connectivity index (χ0) is 10.1. The molecule has 0 fully saturated rings. The molecule has 0 N–H and O–H groups in total. The third-order valence-electron chi connectivity index (χ3n) is 1.56. The summed E-state index contributed by atoms with van der Waals surface area (Å²) in [5.74, 6) is -3.04. The highest BCUT2D eigenvalue weighted by molar-refractivity contribution is 5.35. The van der Waals surface area contributed by atoms with Crippen molar-refractivity contribution in [2.75, 3.05) is 0 Å². The third kappa shape index (κ3) is 2.21. The molecule has 0 unspecified atom stereocenters. The van der Waals surface area contributed by atoms with E-state index in [1.54, 1.807) is 0 Å². The molecule has 0 atom stereocenters. The van der Waals surface area contributed by atoms with E-state index in [1.807, 2.05) is 0 Å². The molecular weight excluding hydrogens is 180 g/mol. The van der Waals surface area contributed by atoms with Gasteiger partial charge < -0.3 is 0 Å². The molecule has 0 saturated heterocycles. The van der Waals surface area contributed by atoms with Crippen LogP contribution in [0.2, 0.25) is 0 Å². The third-order valence-corrected chi connectivity index (χ3v) is 1.56. The van der Waals surface area contributed by atoms with Gasteiger partial charge in [-0.3, -0.25) is 10.1 Å². The monoisotopic (exact) mass is 187 g/mol. The van der Waals surface area contributed by atoms with Crippen LogP contribution in [-0.4, -0.2) is 4.92 Å². The summed E-state index contributed by atoms with van der Waals surface area (Å²) in [4.78, 5) is 9.54. The minimum atomic E-state index is -3.04. The Bertz CT molecular complexity index is 333. The number of alkyl halides is 2. The lowest BCUT2D eigenvalue weighted by Gasteiger charge is -2.09. The first-order chi connectivity index (χ1) is 5.91. The van der Waals surface area contributed by atoms with Crippen LogP contribution >= 0.6 is 0 Å². The highest BCUT2D eigenvalue weighted by atomic mass is 19.3. The van der Waals surface area contributed by atoms with E-state index >= 15 is 0 Å². The van der Waals surface area contributed by atoms with Crippen LogP contribution in [0, 0.1) is 10.1 Å². The van der Waals surface area contributed by atoms with Crippen LogP contribution in [0.15, 0.2) is 24.3 Å². The molecular formula is C8H7F2NO2. The molecule has 0 aliphatic carbocycles. The van der Waals surface area contributed by atoms with Crippen molar-refractivity contribution in [1.82, 2.24) is 0 Å².